The molecule has 0 aromatic carbocycles. The standard InChI is InChI=1S/C12H26N.HI/c1-7-13(6,8-2)10-9-12(5)11(3)4;/h7-10H2,1-6H3;1H/q+1;/p-1. The molecular weight excluding hydrogens is 285 g/mol. The van der Waals surface area contributed by atoms with Gasteiger partial charge in [0.2, 0.25) is 0 Å². The normalized spacial score (nSPS) is 10.7. The van der Waals surface area contributed by atoms with Gasteiger partial charge in [-0.25, -0.2) is 0 Å². The molecule has 0 spiro atoms. The Hall–Kier alpha value is 0.430. The number of halogens is 1. The summed E-state index contributed by atoms with van der Waals surface area (Å²) in [6, 6.07) is 0. The molecular formula is C12H26IN. The van der Waals surface area contributed by atoms with E-state index in [1.807, 2.05) is 0 Å². The highest BCUT2D eigenvalue weighted by atomic mass is 127. The first kappa shape index (κ1) is 16.8. The van der Waals surface area contributed by atoms with Gasteiger partial charge in [0, 0.05) is 6.42 Å². The van der Waals surface area contributed by atoms with Crippen molar-refractivity contribution in [3.05, 3.63) is 11.1 Å². The first-order chi connectivity index (χ1) is 5.95. The van der Waals surface area contributed by atoms with Gasteiger partial charge >= 0.3 is 0 Å². The van der Waals surface area contributed by atoms with Crippen LogP contribution in [0.1, 0.15) is 41.0 Å². The van der Waals surface area contributed by atoms with Gasteiger partial charge in [0.25, 0.3) is 0 Å². The fourth-order valence-electron chi connectivity index (χ4n) is 1.23. The fraction of sp³-hybridized carbons (Fsp3) is 0.833. The van der Waals surface area contributed by atoms with Crippen molar-refractivity contribution in [2.45, 2.75) is 41.0 Å². The minimum atomic E-state index is 0. The molecule has 1 nitrogen and oxygen atoms in total. The zero-order valence-corrected chi connectivity index (χ0v) is 12.8. The summed E-state index contributed by atoms with van der Waals surface area (Å²) in [7, 11) is 2.35. The third kappa shape index (κ3) is 6.02. The summed E-state index contributed by atoms with van der Waals surface area (Å²) in [5.41, 5.74) is 3.05. The monoisotopic (exact) mass is 311 g/mol. The third-order valence-electron chi connectivity index (χ3n) is 3.41. The van der Waals surface area contributed by atoms with Crippen molar-refractivity contribution in [3.8, 4) is 0 Å². The lowest BCUT2D eigenvalue weighted by Gasteiger charge is -2.32. The van der Waals surface area contributed by atoms with Gasteiger partial charge in [0.15, 0.2) is 0 Å². The van der Waals surface area contributed by atoms with Gasteiger partial charge in [-0.3, -0.25) is 0 Å². The van der Waals surface area contributed by atoms with Crippen LogP contribution in [0.25, 0.3) is 0 Å². The summed E-state index contributed by atoms with van der Waals surface area (Å²) in [4.78, 5) is 0. The van der Waals surface area contributed by atoms with Crippen LogP contribution in [-0.4, -0.2) is 31.2 Å². The summed E-state index contributed by atoms with van der Waals surface area (Å²) in [6.45, 7) is 15.0. The van der Waals surface area contributed by atoms with Crippen molar-refractivity contribution in [2.24, 2.45) is 0 Å². The van der Waals surface area contributed by atoms with E-state index in [-0.39, 0.29) is 24.0 Å². The maximum Gasteiger partial charge on any atom is 0.0822 e. The van der Waals surface area contributed by atoms with E-state index < -0.39 is 0 Å². The van der Waals surface area contributed by atoms with Gasteiger partial charge in [-0.05, 0) is 34.6 Å². The molecule has 0 atom stereocenters. The van der Waals surface area contributed by atoms with Crippen LogP contribution >= 0.6 is 0 Å². The van der Waals surface area contributed by atoms with E-state index in [9.17, 15) is 0 Å². The second-order valence-corrected chi connectivity index (χ2v) is 4.51. The molecule has 0 N–H and O–H groups in total. The van der Waals surface area contributed by atoms with Crippen LogP contribution in [0.3, 0.4) is 0 Å². The molecule has 86 valence electrons. The number of allylic oxidation sites excluding steroid dienone is 1. The summed E-state index contributed by atoms with van der Waals surface area (Å²) in [5.74, 6) is 0. The maximum absolute atomic E-state index is 2.35. The molecule has 14 heavy (non-hydrogen) atoms. The third-order valence-corrected chi connectivity index (χ3v) is 3.41. The highest BCUT2D eigenvalue weighted by molar-refractivity contribution is 5.06. The van der Waals surface area contributed by atoms with Crippen molar-refractivity contribution in [1.82, 2.24) is 0 Å². The minimum Gasteiger partial charge on any atom is -1.00 e. The largest absolute Gasteiger partial charge is 1.00 e. The molecule has 0 bridgehead atoms. The van der Waals surface area contributed by atoms with Crippen molar-refractivity contribution >= 4 is 0 Å². The van der Waals surface area contributed by atoms with Crippen LogP contribution in [0.4, 0.5) is 0 Å². The zero-order valence-electron chi connectivity index (χ0n) is 10.7. The van der Waals surface area contributed by atoms with E-state index in [4.69, 9.17) is 0 Å². The smallest absolute Gasteiger partial charge is 0.0822 e. The zero-order chi connectivity index (χ0) is 10.5. The number of rotatable bonds is 5. The Balaban J connectivity index is 0. The number of hydrogen-bond donors (Lipinski definition) is 0. The molecule has 0 heterocycles. The van der Waals surface area contributed by atoms with Gasteiger partial charge in [-0.15, -0.1) is 0 Å². The first-order valence-electron chi connectivity index (χ1n) is 5.41. The lowest BCUT2D eigenvalue weighted by Crippen LogP contribution is -3.00. The Morgan fingerprint density at radius 3 is 1.71 bits per heavy atom. The van der Waals surface area contributed by atoms with Gasteiger partial charge < -0.3 is 28.5 Å². The van der Waals surface area contributed by atoms with Crippen LogP contribution in [0, 0.1) is 0 Å². The molecule has 0 saturated carbocycles. The van der Waals surface area contributed by atoms with E-state index in [0.29, 0.717) is 0 Å². The highest BCUT2D eigenvalue weighted by Gasteiger charge is 2.15. The van der Waals surface area contributed by atoms with Crippen LogP contribution in [0.5, 0.6) is 0 Å². The fourth-order valence-corrected chi connectivity index (χ4v) is 1.23. The second kappa shape index (κ2) is 7.69. The van der Waals surface area contributed by atoms with Crippen molar-refractivity contribution in [1.29, 1.82) is 0 Å². The van der Waals surface area contributed by atoms with Crippen LogP contribution in [0.15, 0.2) is 11.1 Å². The first-order valence-corrected chi connectivity index (χ1v) is 5.41. The average Bonchev–Trinajstić information content (AvgIpc) is 2.13. The predicted octanol–water partition coefficient (Wildman–Crippen LogP) is 0.223. The molecule has 0 radical (unpaired) electrons. The lowest BCUT2D eigenvalue weighted by atomic mass is 10.1. The maximum atomic E-state index is 2.35. The second-order valence-electron chi connectivity index (χ2n) is 4.51. The minimum absolute atomic E-state index is 0. The quantitative estimate of drug-likeness (QED) is 0.387. The van der Waals surface area contributed by atoms with Crippen molar-refractivity contribution in [2.75, 3.05) is 26.7 Å². The summed E-state index contributed by atoms with van der Waals surface area (Å²) >= 11 is 0. The van der Waals surface area contributed by atoms with E-state index in [0.717, 1.165) is 0 Å². The van der Waals surface area contributed by atoms with Gasteiger partial charge in [0.05, 0.1) is 26.7 Å². The summed E-state index contributed by atoms with van der Waals surface area (Å²) < 4.78 is 1.20. The highest BCUT2D eigenvalue weighted by Crippen LogP contribution is 2.11. The topological polar surface area (TPSA) is 0 Å². The Bertz CT molecular complexity index is 177. The van der Waals surface area contributed by atoms with Crippen molar-refractivity contribution in [3.63, 3.8) is 0 Å². The molecule has 0 aliphatic rings. The number of nitrogens with zero attached hydrogens (tertiary/aromatic N) is 1. The van der Waals surface area contributed by atoms with Gasteiger partial charge in [0.1, 0.15) is 0 Å². The molecule has 0 saturated heterocycles. The summed E-state index contributed by atoms with van der Waals surface area (Å²) in [5, 5.41) is 0. The molecule has 2 heteroatoms. The Morgan fingerprint density at radius 2 is 1.43 bits per heavy atom. The Labute approximate surface area is 107 Å². The molecule has 0 aliphatic carbocycles. The van der Waals surface area contributed by atoms with Gasteiger partial charge in [-0.1, -0.05) is 11.1 Å². The van der Waals surface area contributed by atoms with Crippen LogP contribution in [0.2, 0.25) is 0 Å². The van der Waals surface area contributed by atoms with E-state index in [2.05, 4.69) is 41.7 Å². The van der Waals surface area contributed by atoms with E-state index in [1.165, 1.54) is 36.1 Å². The molecule has 0 amide bonds. The average molecular weight is 311 g/mol. The molecule has 0 rings (SSSR count). The number of quaternary nitrogens is 1. The van der Waals surface area contributed by atoms with Gasteiger partial charge in [-0.2, -0.15) is 0 Å². The Kier molecular flexibility index (Phi) is 9.25. The molecule has 0 aliphatic heterocycles. The van der Waals surface area contributed by atoms with E-state index >= 15 is 0 Å². The van der Waals surface area contributed by atoms with E-state index in [1.54, 1.807) is 5.57 Å². The summed E-state index contributed by atoms with van der Waals surface area (Å²) in [6.07, 6.45) is 1.25. The Morgan fingerprint density at radius 1 is 1.00 bits per heavy atom. The van der Waals surface area contributed by atoms with Crippen molar-refractivity contribution < 1.29 is 28.5 Å². The molecule has 0 unspecified atom stereocenters. The molecule has 0 aromatic rings. The van der Waals surface area contributed by atoms with Crippen LogP contribution in [-0.2, 0) is 0 Å². The lowest BCUT2D eigenvalue weighted by molar-refractivity contribution is -0.905. The van der Waals surface area contributed by atoms with Crippen LogP contribution < -0.4 is 24.0 Å². The number of hydrogen-bond acceptors (Lipinski definition) is 0. The molecule has 0 fully saturated rings. The SMILES string of the molecule is CC[N+](C)(CC)CCC(C)=C(C)C.[I-]. The molecule has 0 aromatic heterocycles. The predicted molar refractivity (Wildman–Crippen MR) is 60.8 cm³/mol.